The number of rotatable bonds is 3. The summed E-state index contributed by atoms with van der Waals surface area (Å²) in [6.07, 6.45) is 3.57. The summed E-state index contributed by atoms with van der Waals surface area (Å²) in [7, 11) is 0. The average Bonchev–Trinajstić information content (AvgIpc) is 2.53. The second-order valence-corrected chi connectivity index (χ2v) is 5.40. The highest BCUT2D eigenvalue weighted by molar-refractivity contribution is 9.10. The molecule has 0 fully saturated rings. The van der Waals surface area contributed by atoms with E-state index in [1.807, 2.05) is 24.3 Å². The van der Waals surface area contributed by atoms with Gasteiger partial charge in [0.2, 0.25) is 0 Å². The number of pyridine rings is 1. The number of hydrogen-bond donors (Lipinski definition) is 3. The van der Waals surface area contributed by atoms with Crippen molar-refractivity contribution in [1.29, 1.82) is 0 Å². The molecule has 21 heavy (non-hydrogen) atoms. The Morgan fingerprint density at radius 2 is 2.19 bits per heavy atom. The summed E-state index contributed by atoms with van der Waals surface area (Å²) >= 11 is 3.45. The van der Waals surface area contributed by atoms with Gasteiger partial charge in [-0.2, -0.15) is 0 Å². The molecule has 0 atom stereocenters. The van der Waals surface area contributed by atoms with Gasteiger partial charge in [-0.15, -0.1) is 0 Å². The molecule has 0 saturated heterocycles. The maximum atomic E-state index is 12.0. The van der Waals surface area contributed by atoms with Crippen molar-refractivity contribution in [2.45, 2.75) is 0 Å². The van der Waals surface area contributed by atoms with E-state index in [-0.39, 0.29) is 5.91 Å². The fraction of sp³-hybridized carbons (Fsp3) is 0.0667. The van der Waals surface area contributed by atoms with E-state index in [0.29, 0.717) is 12.2 Å². The van der Waals surface area contributed by atoms with E-state index in [0.717, 1.165) is 21.4 Å². The van der Waals surface area contributed by atoms with Gasteiger partial charge in [-0.25, -0.2) is 0 Å². The summed E-state index contributed by atoms with van der Waals surface area (Å²) in [6.45, 7) is 0.705. The lowest BCUT2D eigenvalue weighted by Gasteiger charge is -2.21. The van der Waals surface area contributed by atoms with Crippen LogP contribution < -0.4 is 16.2 Å². The lowest BCUT2D eigenvalue weighted by molar-refractivity contribution is 0.0937. The van der Waals surface area contributed by atoms with Crippen molar-refractivity contribution < 1.29 is 4.79 Å². The van der Waals surface area contributed by atoms with Gasteiger partial charge in [0.15, 0.2) is 0 Å². The molecule has 6 heteroatoms. The third kappa shape index (κ3) is 3.05. The van der Waals surface area contributed by atoms with Crippen molar-refractivity contribution in [1.82, 2.24) is 15.8 Å². The van der Waals surface area contributed by atoms with Crippen LogP contribution in [-0.4, -0.2) is 17.4 Å². The summed E-state index contributed by atoms with van der Waals surface area (Å²) in [6, 6.07) is 11.2. The van der Waals surface area contributed by atoms with Gasteiger partial charge in [-0.1, -0.05) is 22.0 Å². The van der Waals surface area contributed by atoms with Gasteiger partial charge in [0.1, 0.15) is 5.69 Å². The quantitative estimate of drug-likeness (QED) is 0.748. The highest BCUT2D eigenvalue weighted by Crippen LogP contribution is 2.28. The number of halogens is 1. The molecular formula is C15H13BrN4O. The van der Waals surface area contributed by atoms with Crippen LogP contribution in [-0.2, 0) is 0 Å². The highest BCUT2D eigenvalue weighted by Gasteiger charge is 2.13. The molecule has 1 aliphatic heterocycles. The number of carbonyl (C=O) groups excluding carboxylic acids is 1. The maximum Gasteiger partial charge on any atom is 0.288 e. The molecule has 2 heterocycles. The Kier molecular flexibility index (Phi) is 3.87. The number of fused-ring (bicyclic) bond motifs is 1. The molecule has 1 aliphatic rings. The van der Waals surface area contributed by atoms with Gasteiger partial charge in [0.05, 0.1) is 5.70 Å². The van der Waals surface area contributed by atoms with Crippen LogP contribution in [0.2, 0.25) is 0 Å². The first kappa shape index (κ1) is 13.6. The second kappa shape index (κ2) is 5.97. The van der Waals surface area contributed by atoms with E-state index < -0.39 is 0 Å². The number of aromatic nitrogens is 1. The zero-order chi connectivity index (χ0) is 14.7. The number of amides is 1. The average molecular weight is 345 g/mol. The van der Waals surface area contributed by atoms with Crippen LogP contribution in [0.3, 0.4) is 0 Å². The van der Waals surface area contributed by atoms with Crippen LogP contribution in [0.4, 0.5) is 5.69 Å². The Hall–Kier alpha value is -2.34. The minimum absolute atomic E-state index is 0.272. The molecule has 1 aromatic carbocycles. The minimum atomic E-state index is -0.272. The van der Waals surface area contributed by atoms with Crippen LogP contribution in [0.25, 0.3) is 5.70 Å². The van der Waals surface area contributed by atoms with Gasteiger partial charge in [0.25, 0.3) is 5.91 Å². The second-order valence-electron chi connectivity index (χ2n) is 4.48. The van der Waals surface area contributed by atoms with E-state index in [1.54, 1.807) is 24.4 Å². The SMILES string of the molecule is O=C(NNC1=CCNc2ccc(Br)cc21)c1ccccn1. The summed E-state index contributed by atoms with van der Waals surface area (Å²) in [5.41, 5.74) is 8.88. The van der Waals surface area contributed by atoms with Crippen molar-refractivity contribution in [3.8, 4) is 0 Å². The maximum absolute atomic E-state index is 12.0. The lowest BCUT2D eigenvalue weighted by atomic mass is 10.1. The van der Waals surface area contributed by atoms with E-state index in [4.69, 9.17) is 0 Å². The lowest BCUT2D eigenvalue weighted by Crippen LogP contribution is -2.37. The van der Waals surface area contributed by atoms with Crippen LogP contribution in [0.15, 0.2) is 53.1 Å². The van der Waals surface area contributed by atoms with Crippen molar-refractivity contribution in [2.75, 3.05) is 11.9 Å². The molecule has 2 aromatic rings. The first-order valence-electron chi connectivity index (χ1n) is 6.45. The molecule has 5 nitrogen and oxygen atoms in total. The first-order valence-corrected chi connectivity index (χ1v) is 7.25. The van der Waals surface area contributed by atoms with E-state index in [9.17, 15) is 4.79 Å². The van der Waals surface area contributed by atoms with Gasteiger partial charge < -0.3 is 5.32 Å². The summed E-state index contributed by atoms with van der Waals surface area (Å²) < 4.78 is 0.980. The smallest absolute Gasteiger partial charge is 0.288 e. The van der Waals surface area contributed by atoms with Gasteiger partial charge in [-0.3, -0.25) is 20.6 Å². The molecule has 0 spiro atoms. The number of nitrogens with one attached hydrogen (secondary N) is 3. The third-order valence-corrected chi connectivity index (χ3v) is 3.57. The minimum Gasteiger partial charge on any atom is -0.381 e. The molecule has 0 radical (unpaired) electrons. The van der Waals surface area contributed by atoms with Crippen LogP contribution in [0.5, 0.6) is 0 Å². The largest absolute Gasteiger partial charge is 0.381 e. The Bertz CT molecular complexity index is 700. The molecular weight excluding hydrogens is 332 g/mol. The van der Waals surface area contributed by atoms with Crippen molar-refractivity contribution in [2.24, 2.45) is 0 Å². The van der Waals surface area contributed by atoms with Gasteiger partial charge >= 0.3 is 0 Å². The van der Waals surface area contributed by atoms with Crippen LogP contribution in [0.1, 0.15) is 16.1 Å². The highest BCUT2D eigenvalue weighted by atomic mass is 79.9. The molecule has 0 aliphatic carbocycles. The zero-order valence-corrected chi connectivity index (χ0v) is 12.6. The third-order valence-electron chi connectivity index (χ3n) is 3.08. The fourth-order valence-electron chi connectivity index (χ4n) is 2.07. The molecule has 3 N–H and O–H groups in total. The number of hydrogen-bond acceptors (Lipinski definition) is 4. The topological polar surface area (TPSA) is 66.1 Å². The Labute approximate surface area is 130 Å². The predicted molar refractivity (Wildman–Crippen MR) is 85.4 cm³/mol. The van der Waals surface area contributed by atoms with Crippen molar-refractivity contribution >= 4 is 33.2 Å². The van der Waals surface area contributed by atoms with Crippen molar-refractivity contribution in [3.63, 3.8) is 0 Å². The molecule has 0 bridgehead atoms. The molecule has 1 amide bonds. The van der Waals surface area contributed by atoms with Gasteiger partial charge in [0, 0.05) is 28.5 Å². The number of nitrogens with zero attached hydrogens (tertiary/aromatic N) is 1. The number of carbonyl (C=O) groups is 1. The number of hydrazine groups is 1. The molecule has 0 saturated carbocycles. The monoisotopic (exact) mass is 344 g/mol. The molecule has 0 unspecified atom stereocenters. The Balaban J connectivity index is 1.73. The Morgan fingerprint density at radius 1 is 1.29 bits per heavy atom. The van der Waals surface area contributed by atoms with E-state index >= 15 is 0 Å². The first-order chi connectivity index (χ1) is 10.2. The van der Waals surface area contributed by atoms with Crippen LogP contribution >= 0.6 is 15.9 Å². The fourth-order valence-corrected chi connectivity index (χ4v) is 2.43. The van der Waals surface area contributed by atoms with Gasteiger partial charge in [-0.05, 0) is 36.4 Å². The van der Waals surface area contributed by atoms with E-state index in [2.05, 4.69) is 37.1 Å². The van der Waals surface area contributed by atoms with Crippen molar-refractivity contribution in [3.05, 3.63) is 64.4 Å². The Morgan fingerprint density at radius 3 is 3.00 bits per heavy atom. The van der Waals surface area contributed by atoms with Crippen LogP contribution in [0, 0.1) is 0 Å². The molecule has 1 aromatic heterocycles. The predicted octanol–water partition coefficient (Wildman–Crippen LogP) is 2.55. The summed E-state index contributed by atoms with van der Waals surface area (Å²) in [4.78, 5) is 16.0. The molecule has 106 valence electrons. The normalized spacial score (nSPS) is 12.7. The number of anilines is 1. The molecule has 3 rings (SSSR count). The number of benzene rings is 1. The summed E-state index contributed by atoms with van der Waals surface area (Å²) in [5, 5.41) is 3.28. The zero-order valence-electron chi connectivity index (χ0n) is 11.1. The summed E-state index contributed by atoms with van der Waals surface area (Å²) in [5.74, 6) is -0.272. The standard InChI is InChI=1S/C15H13BrN4O/c16-10-4-5-12-11(9-10)13(6-8-18-12)19-20-15(21)14-3-1-2-7-17-14/h1-7,9,18-19H,8H2,(H,20,21). The van der Waals surface area contributed by atoms with E-state index in [1.165, 1.54) is 0 Å².